The Kier molecular flexibility index (Phi) is 7.21. The van der Waals surface area contributed by atoms with Crippen LogP contribution in [0.4, 0.5) is 0 Å². The predicted molar refractivity (Wildman–Crippen MR) is 120 cm³/mol. The lowest BCUT2D eigenvalue weighted by molar-refractivity contribution is 0.358. The Labute approximate surface area is 177 Å². The summed E-state index contributed by atoms with van der Waals surface area (Å²) < 4.78 is 7.55. The average molecular weight is 405 g/mol. The van der Waals surface area contributed by atoms with Gasteiger partial charge in [0.25, 0.3) is 0 Å². The van der Waals surface area contributed by atoms with Gasteiger partial charge in [0.1, 0.15) is 12.4 Å². The van der Waals surface area contributed by atoms with Crippen molar-refractivity contribution in [3.05, 3.63) is 83.8 Å². The van der Waals surface area contributed by atoms with E-state index >= 15 is 0 Å². The standard InChI is InChI=1S/C23H28N6O/c1-5-12-30-21-9-7-6-8-20(21)16-27-23(24-4)26-15-19-10-11-22(25-14-19)29-18(3)13-17(2)28-29/h5-11,13-14H,1,12,15-16H2,2-4H3,(H2,24,26,27). The number of aryl methyl sites for hydroxylation is 2. The van der Waals surface area contributed by atoms with Crippen molar-refractivity contribution in [3.8, 4) is 11.6 Å². The summed E-state index contributed by atoms with van der Waals surface area (Å²) in [5.41, 5.74) is 4.15. The van der Waals surface area contributed by atoms with Gasteiger partial charge in [0.05, 0.1) is 5.69 Å². The summed E-state index contributed by atoms with van der Waals surface area (Å²) in [5, 5.41) is 11.1. The number of nitrogens with zero attached hydrogens (tertiary/aromatic N) is 4. The van der Waals surface area contributed by atoms with E-state index in [4.69, 9.17) is 4.74 Å². The Morgan fingerprint density at radius 2 is 1.97 bits per heavy atom. The molecular weight excluding hydrogens is 376 g/mol. The van der Waals surface area contributed by atoms with Crippen LogP contribution in [0.2, 0.25) is 0 Å². The highest BCUT2D eigenvalue weighted by molar-refractivity contribution is 5.79. The second kappa shape index (κ2) is 10.2. The Bertz CT molecular complexity index is 1010. The normalized spacial score (nSPS) is 11.2. The van der Waals surface area contributed by atoms with Crippen LogP contribution < -0.4 is 15.4 Å². The number of aromatic nitrogens is 3. The van der Waals surface area contributed by atoms with Crippen LogP contribution >= 0.6 is 0 Å². The second-order valence-corrected chi connectivity index (χ2v) is 6.85. The minimum Gasteiger partial charge on any atom is -0.489 e. The van der Waals surface area contributed by atoms with E-state index in [1.54, 1.807) is 13.1 Å². The number of hydrogen-bond donors (Lipinski definition) is 2. The highest BCUT2D eigenvalue weighted by Gasteiger charge is 2.06. The Morgan fingerprint density at radius 1 is 1.17 bits per heavy atom. The molecule has 0 radical (unpaired) electrons. The third-order valence-corrected chi connectivity index (χ3v) is 4.49. The largest absolute Gasteiger partial charge is 0.489 e. The van der Waals surface area contributed by atoms with Crippen molar-refractivity contribution in [1.29, 1.82) is 0 Å². The van der Waals surface area contributed by atoms with Crippen molar-refractivity contribution >= 4 is 5.96 Å². The Balaban J connectivity index is 1.56. The lowest BCUT2D eigenvalue weighted by Crippen LogP contribution is -2.36. The van der Waals surface area contributed by atoms with Crippen molar-refractivity contribution in [2.45, 2.75) is 26.9 Å². The van der Waals surface area contributed by atoms with Crippen molar-refractivity contribution in [3.63, 3.8) is 0 Å². The van der Waals surface area contributed by atoms with Gasteiger partial charge in [0, 0.05) is 37.6 Å². The lowest BCUT2D eigenvalue weighted by Gasteiger charge is -2.14. The maximum absolute atomic E-state index is 5.71. The number of rotatable bonds is 8. The van der Waals surface area contributed by atoms with Crippen LogP contribution in [0.3, 0.4) is 0 Å². The van der Waals surface area contributed by atoms with Crippen molar-refractivity contribution in [1.82, 2.24) is 25.4 Å². The molecule has 0 atom stereocenters. The number of ether oxygens (including phenoxy) is 1. The van der Waals surface area contributed by atoms with E-state index < -0.39 is 0 Å². The number of para-hydroxylation sites is 1. The molecule has 0 spiro atoms. The molecule has 3 rings (SSSR count). The molecule has 7 heteroatoms. The number of guanidine groups is 1. The summed E-state index contributed by atoms with van der Waals surface area (Å²) in [7, 11) is 1.75. The molecule has 0 aliphatic rings. The molecular formula is C23H28N6O. The molecule has 0 bridgehead atoms. The zero-order valence-corrected chi connectivity index (χ0v) is 17.7. The van der Waals surface area contributed by atoms with E-state index in [-0.39, 0.29) is 0 Å². The number of pyridine rings is 1. The SMILES string of the molecule is C=CCOc1ccccc1CNC(=NC)NCc1ccc(-n2nc(C)cc2C)nc1. The minimum absolute atomic E-state index is 0.477. The van der Waals surface area contributed by atoms with E-state index in [1.807, 2.05) is 67.2 Å². The molecule has 0 saturated heterocycles. The van der Waals surface area contributed by atoms with Gasteiger partial charge in [-0.2, -0.15) is 5.10 Å². The van der Waals surface area contributed by atoms with Gasteiger partial charge in [-0.1, -0.05) is 36.9 Å². The molecule has 156 valence electrons. The second-order valence-electron chi connectivity index (χ2n) is 6.85. The van der Waals surface area contributed by atoms with E-state index in [0.717, 1.165) is 34.1 Å². The number of nitrogens with one attached hydrogen (secondary N) is 2. The predicted octanol–water partition coefficient (Wildman–Crippen LogP) is 3.31. The molecule has 30 heavy (non-hydrogen) atoms. The number of benzene rings is 1. The molecule has 0 aliphatic carbocycles. The van der Waals surface area contributed by atoms with Crippen LogP contribution in [0.25, 0.3) is 5.82 Å². The summed E-state index contributed by atoms with van der Waals surface area (Å²) in [6.07, 6.45) is 3.59. The smallest absolute Gasteiger partial charge is 0.191 e. The van der Waals surface area contributed by atoms with E-state index in [9.17, 15) is 0 Å². The fraction of sp³-hybridized carbons (Fsp3) is 0.261. The fourth-order valence-electron chi connectivity index (χ4n) is 3.03. The summed E-state index contributed by atoms with van der Waals surface area (Å²) in [4.78, 5) is 8.83. The molecule has 2 aromatic heterocycles. The monoisotopic (exact) mass is 404 g/mol. The minimum atomic E-state index is 0.477. The zero-order valence-electron chi connectivity index (χ0n) is 17.7. The van der Waals surface area contributed by atoms with Gasteiger partial charge < -0.3 is 15.4 Å². The molecule has 2 heterocycles. The van der Waals surface area contributed by atoms with Gasteiger partial charge in [-0.25, -0.2) is 9.67 Å². The summed E-state index contributed by atoms with van der Waals surface area (Å²) in [6, 6.07) is 14.0. The first-order chi connectivity index (χ1) is 14.6. The highest BCUT2D eigenvalue weighted by atomic mass is 16.5. The first-order valence-corrected chi connectivity index (χ1v) is 9.85. The molecule has 3 aromatic rings. The molecule has 1 aromatic carbocycles. The van der Waals surface area contributed by atoms with Gasteiger partial charge in [-0.3, -0.25) is 4.99 Å². The topological polar surface area (TPSA) is 76.4 Å². The molecule has 0 unspecified atom stereocenters. The maximum atomic E-state index is 5.71. The van der Waals surface area contributed by atoms with Crippen LogP contribution in [0.1, 0.15) is 22.5 Å². The zero-order chi connectivity index (χ0) is 21.3. The Hall–Kier alpha value is -3.61. The summed E-state index contributed by atoms with van der Waals surface area (Å²) in [5.74, 6) is 2.35. The van der Waals surface area contributed by atoms with Crippen LogP contribution in [-0.2, 0) is 13.1 Å². The molecule has 0 amide bonds. The van der Waals surface area contributed by atoms with Gasteiger partial charge >= 0.3 is 0 Å². The van der Waals surface area contributed by atoms with E-state index in [2.05, 4.69) is 32.3 Å². The number of hydrogen-bond acceptors (Lipinski definition) is 4. The van der Waals surface area contributed by atoms with E-state index in [0.29, 0.717) is 25.7 Å². The molecule has 0 aliphatic heterocycles. The van der Waals surface area contributed by atoms with Gasteiger partial charge in [-0.05, 0) is 37.6 Å². The first-order valence-electron chi connectivity index (χ1n) is 9.85. The van der Waals surface area contributed by atoms with Crippen LogP contribution in [0.15, 0.2) is 66.3 Å². The summed E-state index contributed by atoms with van der Waals surface area (Å²) >= 11 is 0. The van der Waals surface area contributed by atoms with Gasteiger partial charge in [0.15, 0.2) is 11.8 Å². The maximum Gasteiger partial charge on any atom is 0.191 e. The van der Waals surface area contributed by atoms with Crippen molar-refractivity contribution in [2.24, 2.45) is 4.99 Å². The van der Waals surface area contributed by atoms with Crippen LogP contribution in [0, 0.1) is 13.8 Å². The summed E-state index contributed by atoms with van der Waals surface area (Å²) in [6.45, 7) is 9.38. The molecule has 0 saturated carbocycles. The first kappa shape index (κ1) is 21.1. The quantitative estimate of drug-likeness (QED) is 0.342. The van der Waals surface area contributed by atoms with Crippen LogP contribution in [0.5, 0.6) is 5.75 Å². The third kappa shape index (κ3) is 5.47. The van der Waals surface area contributed by atoms with Gasteiger partial charge in [0.2, 0.25) is 0 Å². The Morgan fingerprint density at radius 3 is 2.63 bits per heavy atom. The third-order valence-electron chi connectivity index (χ3n) is 4.49. The number of aliphatic imine (C=N–C) groups is 1. The molecule has 2 N–H and O–H groups in total. The van der Waals surface area contributed by atoms with Crippen molar-refractivity contribution < 1.29 is 4.74 Å². The fourth-order valence-corrected chi connectivity index (χ4v) is 3.03. The van der Waals surface area contributed by atoms with Crippen LogP contribution in [-0.4, -0.2) is 34.4 Å². The lowest BCUT2D eigenvalue weighted by atomic mass is 10.2. The van der Waals surface area contributed by atoms with Crippen molar-refractivity contribution in [2.75, 3.05) is 13.7 Å². The van der Waals surface area contributed by atoms with Gasteiger partial charge in [-0.15, -0.1) is 0 Å². The van der Waals surface area contributed by atoms with E-state index in [1.165, 1.54) is 0 Å². The molecule has 0 fully saturated rings. The average Bonchev–Trinajstić information content (AvgIpc) is 3.11. The highest BCUT2D eigenvalue weighted by Crippen LogP contribution is 2.17. The molecule has 7 nitrogen and oxygen atoms in total.